The Labute approximate surface area is 112 Å². The van der Waals surface area contributed by atoms with Gasteiger partial charge in [0.05, 0.1) is 5.75 Å². The van der Waals surface area contributed by atoms with Crippen molar-refractivity contribution < 1.29 is 8.42 Å². The quantitative estimate of drug-likeness (QED) is 0.848. The molecule has 19 heavy (non-hydrogen) atoms. The average molecular weight is 280 g/mol. The van der Waals surface area contributed by atoms with E-state index in [4.69, 9.17) is 5.73 Å². The standard InChI is InChI=1S/C12H16N4O2S/c1-16-7-6-12(14-16)15-19(17,18)9-11-4-2-10(8-13)3-5-11/h2-7H,8-9,13H2,1H3,(H,14,15). The molecule has 0 saturated carbocycles. The number of hydrogen-bond donors (Lipinski definition) is 2. The first-order valence-electron chi connectivity index (χ1n) is 5.76. The number of aryl methyl sites for hydroxylation is 1. The molecule has 1 aromatic carbocycles. The fourth-order valence-corrected chi connectivity index (χ4v) is 2.79. The van der Waals surface area contributed by atoms with Crippen LogP contribution in [0.15, 0.2) is 36.5 Å². The van der Waals surface area contributed by atoms with Crippen LogP contribution in [0.4, 0.5) is 5.82 Å². The van der Waals surface area contributed by atoms with Crippen molar-refractivity contribution in [3.63, 3.8) is 0 Å². The molecule has 2 aromatic rings. The van der Waals surface area contributed by atoms with E-state index >= 15 is 0 Å². The molecule has 0 fully saturated rings. The predicted molar refractivity (Wildman–Crippen MR) is 73.8 cm³/mol. The summed E-state index contributed by atoms with van der Waals surface area (Å²) in [5, 5.41) is 3.97. The molecule has 0 aliphatic rings. The number of rotatable bonds is 5. The molecule has 0 radical (unpaired) electrons. The van der Waals surface area contributed by atoms with Crippen LogP contribution in [0.5, 0.6) is 0 Å². The lowest BCUT2D eigenvalue weighted by Gasteiger charge is -2.06. The van der Waals surface area contributed by atoms with Gasteiger partial charge in [0.15, 0.2) is 5.82 Å². The van der Waals surface area contributed by atoms with Gasteiger partial charge in [-0.2, -0.15) is 5.10 Å². The second-order valence-corrected chi connectivity index (χ2v) is 5.98. The number of nitrogens with zero attached hydrogens (tertiary/aromatic N) is 2. The molecule has 6 nitrogen and oxygen atoms in total. The zero-order valence-electron chi connectivity index (χ0n) is 10.6. The third-order valence-corrected chi connectivity index (χ3v) is 3.82. The molecule has 0 amide bonds. The highest BCUT2D eigenvalue weighted by molar-refractivity contribution is 7.91. The first kappa shape index (κ1) is 13.6. The number of nitrogens with two attached hydrogens (primary N) is 1. The minimum absolute atomic E-state index is 0.0889. The maximum atomic E-state index is 11.9. The van der Waals surface area contributed by atoms with Crippen LogP contribution in [0, 0.1) is 0 Å². The van der Waals surface area contributed by atoms with Gasteiger partial charge in [-0.1, -0.05) is 24.3 Å². The largest absolute Gasteiger partial charge is 0.326 e. The van der Waals surface area contributed by atoms with Crippen LogP contribution in [0.1, 0.15) is 11.1 Å². The van der Waals surface area contributed by atoms with E-state index in [0.29, 0.717) is 17.9 Å². The third-order valence-electron chi connectivity index (χ3n) is 2.59. The Balaban J connectivity index is 2.07. The van der Waals surface area contributed by atoms with Crippen molar-refractivity contribution >= 4 is 15.8 Å². The minimum Gasteiger partial charge on any atom is -0.326 e. The Morgan fingerprint density at radius 1 is 1.21 bits per heavy atom. The first-order chi connectivity index (χ1) is 8.98. The molecule has 0 bridgehead atoms. The fourth-order valence-electron chi connectivity index (χ4n) is 1.66. The van der Waals surface area contributed by atoms with Gasteiger partial charge in [0.25, 0.3) is 0 Å². The molecule has 0 spiro atoms. The van der Waals surface area contributed by atoms with Crippen molar-refractivity contribution in [3.8, 4) is 0 Å². The van der Waals surface area contributed by atoms with Crippen LogP contribution in [-0.2, 0) is 29.4 Å². The SMILES string of the molecule is Cn1ccc(NS(=O)(=O)Cc2ccc(CN)cc2)n1. The molecule has 0 atom stereocenters. The van der Waals surface area contributed by atoms with Gasteiger partial charge in [0.2, 0.25) is 10.0 Å². The summed E-state index contributed by atoms with van der Waals surface area (Å²) >= 11 is 0. The highest BCUT2D eigenvalue weighted by Gasteiger charge is 2.13. The third kappa shape index (κ3) is 3.80. The maximum Gasteiger partial charge on any atom is 0.238 e. The average Bonchev–Trinajstić information content (AvgIpc) is 2.74. The lowest BCUT2D eigenvalue weighted by Crippen LogP contribution is -2.15. The molecule has 3 N–H and O–H groups in total. The topological polar surface area (TPSA) is 90.0 Å². The van der Waals surface area contributed by atoms with E-state index in [2.05, 4.69) is 9.82 Å². The van der Waals surface area contributed by atoms with Gasteiger partial charge in [-0.3, -0.25) is 9.40 Å². The lowest BCUT2D eigenvalue weighted by molar-refractivity contribution is 0.600. The Kier molecular flexibility index (Phi) is 3.87. The fraction of sp³-hybridized carbons (Fsp3) is 0.250. The summed E-state index contributed by atoms with van der Waals surface area (Å²) < 4.78 is 27.9. The summed E-state index contributed by atoms with van der Waals surface area (Å²) in [7, 11) is -1.73. The molecule has 102 valence electrons. The number of nitrogens with one attached hydrogen (secondary N) is 1. The molecule has 7 heteroatoms. The van der Waals surface area contributed by atoms with E-state index in [1.54, 1.807) is 31.4 Å². The van der Waals surface area contributed by atoms with Crippen molar-refractivity contribution in [1.82, 2.24) is 9.78 Å². The van der Waals surface area contributed by atoms with Crippen LogP contribution >= 0.6 is 0 Å². The molecule has 0 unspecified atom stereocenters. The molecular formula is C12H16N4O2S. The highest BCUT2D eigenvalue weighted by atomic mass is 32.2. The number of aromatic nitrogens is 2. The van der Waals surface area contributed by atoms with Gasteiger partial charge in [0, 0.05) is 25.9 Å². The maximum absolute atomic E-state index is 11.9. The van der Waals surface area contributed by atoms with Crippen LogP contribution < -0.4 is 10.5 Å². The van der Waals surface area contributed by atoms with Crippen molar-refractivity contribution in [1.29, 1.82) is 0 Å². The van der Waals surface area contributed by atoms with E-state index in [0.717, 1.165) is 5.56 Å². The summed E-state index contributed by atoms with van der Waals surface area (Å²) in [6.45, 7) is 0.444. The minimum atomic E-state index is -3.45. The van der Waals surface area contributed by atoms with Crippen LogP contribution in [0.3, 0.4) is 0 Å². The number of benzene rings is 1. The van der Waals surface area contributed by atoms with E-state index in [1.165, 1.54) is 4.68 Å². The second kappa shape index (κ2) is 5.41. The van der Waals surface area contributed by atoms with Gasteiger partial charge in [-0.25, -0.2) is 8.42 Å². The van der Waals surface area contributed by atoms with E-state index in [9.17, 15) is 8.42 Å². The summed E-state index contributed by atoms with van der Waals surface area (Å²) in [5.74, 6) is 0.232. The van der Waals surface area contributed by atoms with Crippen molar-refractivity contribution in [2.24, 2.45) is 12.8 Å². The molecule has 0 aliphatic heterocycles. The number of anilines is 1. The van der Waals surface area contributed by atoms with Gasteiger partial charge < -0.3 is 5.73 Å². The van der Waals surface area contributed by atoms with Gasteiger partial charge in [0.1, 0.15) is 0 Å². The first-order valence-corrected chi connectivity index (χ1v) is 7.42. The highest BCUT2D eigenvalue weighted by Crippen LogP contribution is 2.11. The summed E-state index contributed by atoms with van der Waals surface area (Å²) in [4.78, 5) is 0. The monoisotopic (exact) mass is 280 g/mol. The molecule has 0 saturated heterocycles. The van der Waals surface area contributed by atoms with Gasteiger partial charge in [-0.15, -0.1) is 0 Å². The summed E-state index contributed by atoms with van der Waals surface area (Å²) in [5.41, 5.74) is 7.17. The molecule has 1 heterocycles. The van der Waals surface area contributed by atoms with Gasteiger partial charge >= 0.3 is 0 Å². The van der Waals surface area contributed by atoms with E-state index < -0.39 is 10.0 Å². The molecular weight excluding hydrogens is 264 g/mol. The van der Waals surface area contributed by atoms with Crippen molar-refractivity contribution in [3.05, 3.63) is 47.7 Å². The van der Waals surface area contributed by atoms with Gasteiger partial charge in [-0.05, 0) is 11.1 Å². The summed E-state index contributed by atoms with van der Waals surface area (Å²) in [6.07, 6.45) is 1.67. The predicted octanol–water partition coefficient (Wildman–Crippen LogP) is 0.821. The smallest absolute Gasteiger partial charge is 0.238 e. The Hall–Kier alpha value is -1.86. The number of sulfonamides is 1. The van der Waals surface area contributed by atoms with Crippen molar-refractivity contribution in [2.45, 2.75) is 12.3 Å². The molecule has 0 aliphatic carbocycles. The Morgan fingerprint density at radius 3 is 2.37 bits per heavy atom. The van der Waals surface area contributed by atoms with Crippen LogP contribution in [-0.4, -0.2) is 18.2 Å². The Bertz CT molecular complexity index is 647. The summed E-state index contributed by atoms with van der Waals surface area (Å²) in [6, 6.07) is 8.78. The van der Waals surface area contributed by atoms with Crippen molar-refractivity contribution in [2.75, 3.05) is 4.72 Å². The van der Waals surface area contributed by atoms with E-state index in [1.807, 2.05) is 12.1 Å². The molecule has 1 aromatic heterocycles. The zero-order chi connectivity index (χ0) is 13.9. The lowest BCUT2D eigenvalue weighted by atomic mass is 10.1. The zero-order valence-corrected chi connectivity index (χ0v) is 11.4. The van der Waals surface area contributed by atoms with E-state index in [-0.39, 0.29) is 5.75 Å². The Morgan fingerprint density at radius 2 is 1.84 bits per heavy atom. The number of hydrogen-bond acceptors (Lipinski definition) is 4. The van der Waals surface area contributed by atoms with Crippen LogP contribution in [0.2, 0.25) is 0 Å². The molecule has 2 rings (SSSR count). The van der Waals surface area contributed by atoms with Crippen LogP contribution in [0.25, 0.3) is 0 Å². The second-order valence-electron chi connectivity index (χ2n) is 4.26. The normalized spacial score (nSPS) is 11.5.